The minimum atomic E-state index is -0.230. The van der Waals surface area contributed by atoms with Gasteiger partial charge in [-0.2, -0.15) is 0 Å². The summed E-state index contributed by atoms with van der Waals surface area (Å²) in [6, 6.07) is 6.60. The molecule has 1 N–H and O–H groups in total. The summed E-state index contributed by atoms with van der Waals surface area (Å²) in [5, 5.41) is 2.74. The largest absolute Gasteiger partial charge is 0.353 e. The molecular formula is C17H22FN3O2. The third-order valence-electron chi connectivity index (χ3n) is 4.50. The summed E-state index contributed by atoms with van der Waals surface area (Å²) in [5.74, 6) is -0.310. The smallest absolute Gasteiger partial charge is 0.239 e. The average molecular weight is 319 g/mol. The van der Waals surface area contributed by atoms with Crippen LogP contribution in [-0.2, 0) is 16.1 Å². The molecule has 2 aliphatic rings. The van der Waals surface area contributed by atoms with Crippen LogP contribution in [0.15, 0.2) is 24.3 Å². The Morgan fingerprint density at radius 3 is 3.00 bits per heavy atom. The Kier molecular flexibility index (Phi) is 4.91. The number of likely N-dealkylation sites (tertiary alicyclic amines) is 1. The highest BCUT2D eigenvalue weighted by molar-refractivity contribution is 5.87. The first-order valence-electron chi connectivity index (χ1n) is 8.14. The van der Waals surface area contributed by atoms with Crippen LogP contribution in [0.2, 0.25) is 0 Å². The minimum Gasteiger partial charge on any atom is -0.353 e. The summed E-state index contributed by atoms with van der Waals surface area (Å²) in [7, 11) is 0. The van der Waals surface area contributed by atoms with E-state index in [1.165, 1.54) is 6.07 Å². The van der Waals surface area contributed by atoms with Gasteiger partial charge >= 0.3 is 0 Å². The fourth-order valence-corrected chi connectivity index (χ4v) is 3.38. The van der Waals surface area contributed by atoms with Gasteiger partial charge in [0.1, 0.15) is 5.82 Å². The monoisotopic (exact) mass is 319 g/mol. The molecule has 2 saturated heterocycles. The average Bonchev–Trinajstić information content (AvgIpc) is 2.54. The number of benzene rings is 1. The van der Waals surface area contributed by atoms with Crippen LogP contribution in [0.1, 0.15) is 18.4 Å². The number of rotatable bonds is 3. The number of hydrogen-bond acceptors (Lipinski definition) is 3. The summed E-state index contributed by atoms with van der Waals surface area (Å²) in [6.45, 7) is 3.53. The van der Waals surface area contributed by atoms with Gasteiger partial charge in [0.05, 0.1) is 12.5 Å². The van der Waals surface area contributed by atoms with E-state index in [0.29, 0.717) is 26.2 Å². The van der Waals surface area contributed by atoms with Crippen molar-refractivity contribution in [2.75, 3.05) is 32.7 Å². The van der Waals surface area contributed by atoms with E-state index < -0.39 is 0 Å². The van der Waals surface area contributed by atoms with Crippen molar-refractivity contribution in [1.29, 1.82) is 0 Å². The van der Waals surface area contributed by atoms with E-state index in [9.17, 15) is 14.0 Å². The van der Waals surface area contributed by atoms with E-state index in [2.05, 4.69) is 10.2 Å². The van der Waals surface area contributed by atoms with E-state index in [4.69, 9.17) is 0 Å². The molecule has 1 aromatic rings. The first-order valence-corrected chi connectivity index (χ1v) is 8.14. The normalized spacial score (nSPS) is 22.7. The lowest BCUT2D eigenvalue weighted by Gasteiger charge is -2.36. The summed E-state index contributed by atoms with van der Waals surface area (Å²) in [4.78, 5) is 27.9. The van der Waals surface area contributed by atoms with Crippen LogP contribution in [0.3, 0.4) is 0 Å². The maximum absolute atomic E-state index is 13.3. The van der Waals surface area contributed by atoms with E-state index in [1.807, 2.05) is 6.07 Å². The van der Waals surface area contributed by atoms with Crippen LogP contribution in [0, 0.1) is 11.7 Å². The fourth-order valence-electron chi connectivity index (χ4n) is 3.38. The Morgan fingerprint density at radius 2 is 2.22 bits per heavy atom. The highest BCUT2D eigenvalue weighted by Crippen LogP contribution is 2.21. The number of halogens is 1. The van der Waals surface area contributed by atoms with Gasteiger partial charge in [0.2, 0.25) is 11.8 Å². The van der Waals surface area contributed by atoms with Crippen molar-refractivity contribution in [3.05, 3.63) is 35.6 Å². The molecule has 5 nitrogen and oxygen atoms in total. The van der Waals surface area contributed by atoms with Crippen LogP contribution >= 0.6 is 0 Å². The van der Waals surface area contributed by atoms with Gasteiger partial charge in [-0.1, -0.05) is 12.1 Å². The van der Waals surface area contributed by atoms with Gasteiger partial charge in [-0.25, -0.2) is 4.39 Å². The predicted molar refractivity (Wildman–Crippen MR) is 84.0 cm³/mol. The first kappa shape index (κ1) is 15.9. The third-order valence-corrected chi connectivity index (χ3v) is 4.50. The Bertz CT molecular complexity index is 593. The lowest BCUT2D eigenvalue weighted by Crippen LogP contribution is -2.53. The number of piperidine rings is 1. The van der Waals surface area contributed by atoms with Crippen LogP contribution < -0.4 is 5.32 Å². The van der Waals surface area contributed by atoms with Gasteiger partial charge in [0.25, 0.3) is 0 Å². The molecular weight excluding hydrogens is 297 g/mol. The SMILES string of the molecule is O=C1CN(C(=O)[C@@H]2CCCN(Cc3cccc(F)c3)C2)CCN1. The molecule has 0 spiro atoms. The highest BCUT2D eigenvalue weighted by atomic mass is 19.1. The highest BCUT2D eigenvalue weighted by Gasteiger charge is 2.31. The molecule has 2 fully saturated rings. The molecule has 2 amide bonds. The van der Waals surface area contributed by atoms with Crippen molar-refractivity contribution in [2.45, 2.75) is 19.4 Å². The zero-order valence-corrected chi connectivity index (χ0v) is 13.1. The Hall–Kier alpha value is -1.95. The van der Waals surface area contributed by atoms with Gasteiger partial charge in [-0.15, -0.1) is 0 Å². The number of amides is 2. The topological polar surface area (TPSA) is 52.7 Å². The second kappa shape index (κ2) is 7.08. The molecule has 2 aliphatic heterocycles. The molecule has 0 aliphatic carbocycles. The second-order valence-corrected chi connectivity index (χ2v) is 6.31. The quantitative estimate of drug-likeness (QED) is 0.904. The van der Waals surface area contributed by atoms with Gasteiger partial charge in [-0.3, -0.25) is 14.5 Å². The van der Waals surface area contributed by atoms with E-state index >= 15 is 0 Å². The van der Waals surface area contributed by atoms with E-state index in [-0.39, 0.29) is 30.1 Å². The molecule has 1 atom stereocenters. The fraction of sp³-hybridized carbons (Fsp3) is 0.529. The van der Waals surface area contributed by atoms with E-state index in [1.54, 1.807) is 17.0 Å². The molecule has 6 heteroatoms. The van der Waals surface area contributed by atoms with Gasteiger partial charge in [0, 0.05) is 26.2 Å². The van der Waals surface area contributed by atoms with Crippen molar-refractivity contribution in [2.24, 2.45) is 5.92 Å². The summed E-state index contributed by atoms with van der Waals surface area (Å²) in [6.07, 6.45) is 1.81. The molecule has 0 radical (unpaired) electrons. The van der Waals surface area contributed by atoms with Crippen molar-refractivity contribution in [3.63, 3.8) is 0 Å². The van der Waals surface area contributed by atoms with Gasteiger partial charge in [-0.05, 0) is 37.1 Å². The lowest BCUT2D eigenvalue weighted by molar-refractivity contribution is -0.142. The van der Waals surface area contributed by atoms with Crippen molar-refractivity contribution in [3.8, 4) is 0 Å². The number of carbonyl (C=O) groups is 2. The number of carbonyl (C=O) groups excluding carboxylic acids is 2. The van der Waals surface area contributed by atoms with Gasteiger partial charge < -0.3 is 10.2 Å². The molecule has 124 valence electrons. The van der Waals surface area contributed by atoms with Crippen LogP contribution in [0.5, 0.6) is 0 Å². The Balaban J connectivity index is 1.59. The predicted octanol–water partition coefficient (Wildman–Crippen LogP) is 0.996. The number of piperazine rings is 1. The lowest BCUT2D eigenvalue weighted by atomic mass is 9.95. The molecule has 2 heterocycles. The molecule has 0 unspecified atom stereocenters. The second-order valence-electron chi connectivity index (χ2n) is 6.31. The molecule has 0 aromatic heterocycles. The number of nitrogens with zero attached hydrogens (tertiary/aromatic N) is 2. The first-order chi connectivity index (χ1) is 11.1. The molecule has 23 heavy (non-hydrogen) atoms. The zero-order chi connectivity index (χ0) is 16.2. The Labute approximate surface area is 135 Å². The van der Waals surface area contributed by atoms with Crippen molar-refractivity contribution >= 4 is 11.8 Å². The maximum atomic E-state index is 13.3. The van der Waals surface area contributed by atoms with Crippen molar-refractivity contribution in [1.82, 2.24) is 15.1 Å². The van der Waals surface area contributed by atoms with Gasteiger partial charge in [0.15, 0.2) is 0 Å². The number of nitrogens with one attached hydrogen (secondary N) is 1. The number of hydrogen-bond donors (Lipinski definition) is 1. The maximum Gasteiger partial charge on any atom is 0.239 e. The Morgan fingerprint density at radius 1 is 1.35 bits per heavy atom. The summed E-state index contributed by atoms with van der Waals surface area (Å²) in [5.41, 5.74) is 0.926. The molecule has 0 bridgehead atoms. The van der Waals surface area contributed by atoms with Crippen LogP contribution in [-0.4, -0.2) is 54.3 Å². The summed E-state index contributed by atoms with van der Waals surface area (Å²) >= 11 is 0. The van der Waals surface area contributed by atoms with E-state index in [0.717, 1.165) is 24.9 Å². The minimum absolute atomic E-state index is 0.0665. The molecule has 0 saturated carbocycles. The van der Waals surface area contributed by atoms with Crippen molar-refractivity contribution < 1.29 is 14.0 Å². The standard InChI is InChI=1S/C17H22FN3O2/c18-15-5-1-3-13(9-15)10-20-7-2-4-14(11-20)17(23)21-8-6-19-16(22)12-21/h1,3,5,9,14H,2,4,6-8,10-12H2,(H,19,22)/t14-/m1/s1. The van der Waals surface area contributed by atoms with Crippen LogP contribution in [0.4, 0.5) is 4.39 Å². The molecule has 3 rings (SSSR count). The molecule has 1 aromatic carbocycles. The zero-order valence-electron chi connectivity index (χ0n) is 13.1. The summed E-state index contributed by atoms with van der Waals surface area (Å²) < 4.78 is 13.3. The van der Waals surface area contributed by atoms with Crippen LogP contribution in [0.25, 0.3) is 0 Å². The third kappa shape index (κ3) is 4.07.